The molecule has 0 aromatic rings. The average Bonchev–Trinajstić information content (AvgIpc) is 3.90. The maximum Gasteiger partial charge on any atom is 0.187 e. The molecule has 23 heteroatoms. The molecule has 1 spiro atoms. The van der Waals surface area contributed by atoms with Gasteiger partial charge < -0.3 is 114 Å². The third-order valence-corrected chi connectivity index (χ3v) is 19.7. The fourth-order valence-electron chi connectivity index (χ4n) is 15.3. The van der Waals surface area contributed by atoms with E-state index in [1.165, 1.54) is 5.57 Å². The summed E-state index contributed by atoms with van der Waals surface area (Å²) in [5, 5.41) is 142. The topological polar surface area (TPSA) is 355 Å². The Labute approximate surface area is 423 Å². The van der Waals surface area contributed by atoms with E-state index in [1.807, 2.05) is 0 Å². The van der Waals surface area contributed by atoms with Crippen LogP contribution in [0.3, 0.4) is 0 Å². The summed E-state index contributed by atoms with van der Waals surface area (Å²) in [4.78, 5) is 0. The van der Waals surface area contributed by atoms with Crippen molar-refractivity contribution in [2.45, 2.75) is 226 Å². The van der Waals surface area contributed by atoms with Gasteiger partial charge in [-0.3, -0.25) is 0 Å². The first kappa shape index (κ1) is 55.1. The molecule has 9 fully saturated rings. The Morgan fingerprint density at radius 2 is 1.14 bits per heavy atom. The van der Waals surface area contributed by atoms with Crippen LogP contribution in [0.25, 0.3) is 0 Å². The standard InChI is InChI=1S/C50H80O23/c1-20-7-12-50(64-19-20)21(2)31-26(73-50)14-49(63)25-6-5-22-13-23(8-10-47(22,3)24(25)9-11-48(31,49)4)65-43-39(62)36(59)40(30(18-54)69-43)70-46-42(72-45-38(61)35(58)32(55)27(15-51)66-45)41(34(57)29(17-53)68-46)71-44-37(60)33(56)28(16-52)67-44/h5,20-21,23-46,51-63H,6-19H2,1-4H3/t20-,21-,23-,24-,25+,26-,27+,28+,29+,30+,31-,32+,33-,34+,35-,36+,37+,38+,39+,40-,41-,42+,43+,44-,45-,46-,47-,48+,49+,50+/m0/s1. The number of allylic oxidation sites excluding steroid dienone is 1. The highest BCUT2D eigenvalue weighted by molar-refractivity contribution is 5.30. The lowest BCUT2D eigenvalue weighted by Gasteiger charge is -2.62. The zero-order chi connectivity index (χ0) is 52.3. The van der Waals surface area contributed by atoms with E-state index in [-0.39, 0.29) is 40.6 Å². The van der Waals surface area contributed by atoms with Crippen LogP contribution in [0.1, 0.15) is 85.5 Å². The molecule has 10 rings (SSSR count). The van der Waals surface area contributed by atoms with Gasteiger partial charge in [-0.1, -0.05) is 39.3 Å². The average molecular weight is 1050 g/mol. The number of fused-ring (bicyclic) bond motifs is 7. The van der Waals surface area contributed by atoms with Crippen LogP contribution in [-0.4, -0.2) is 240 Å². The molecule has 0 bridgehead atoms. The predicted molar refractivity (Wildman–Crippen MR) is 244 cm³/mol. The first-order valence-electron chi connectivity index (χ1n) is 26.5. The summed E-state index contributed by atoms with van der Waals surface area (Å²) in [6, 6.07) is 0. The van der Waals surface area contributed by atoms with Crippen molar-refractivity contribution < 1.29 is 114 Å². The fourth-order valence-corrected chi connectivity index (χ4v) is 15.3. The summed E-state index contributed by atoms with van der Waals surface area (Å²) >= 11 is 0. The number of hydrogen-bond donors (Lipinski definition) is 13. The molecule has 10 aliphatic rings. The Balaban J connectivity index is 0.833. The molecule has 6 saturated heterocycles. The third-order valence-electron chi connectivity index (χ3n) is 19.7. The molecule has 4 aliphatic carbocycles. The second kappa shape index (κ2) is 20.8. The molecule has 30 atom stereocenters. The molecule has 418 valence electrons. The van der Waals surface area contributed by atoms with Crippen LogP contribution in [0.2, 0.25) is 0 Å². The van der Waals surface area contributed by atoms with Gasteiger partial charge in [0.1, 0.15) is 91.6 Å². The van der Waals surface area contributed by atoms with Gasteiger partial charge in [-0.15, -0.1) is 0 Å². The lowest BCUT2D eigenvalue weighted by Crippen LogP contribution is -2.68. The first-order valence-corrected chi connectivity index (χ1v) is 26.5. The fraction of sp³-hybridized carbons (Fsp3) is 0.960. The van der Waals surface area contributed by atoms with Crippen LogP contribution in [0.5, 0.6) is 0 Å². The van der Waals surface area contributed by atoms with Crippen molar-refractivity contribution in [3.8, 4) is 0 Å². The Bertz CT molecular complexity index is 1940. The van der Waals surface area contributed by atoms with Crippen molar-refractivity contribution in [1.82, 2.24) is 0 Å². The molecular weight excluding hydrogens is 969 g/mol. The van der Waals surface area contributed by atoms with Crippen LogP contribution in [-0.2, 0) is 47.4 Å². The highest BCUT2D eigenvalue weighted by Gasteiger charge is 2.74. The van der Waals surface area contributed by atoms with Gasteiger partial charge in [0.25, 0.3) is 0 Å². The molecule has 0 radical (unpaired) electrons. The van der Waals surface area contributed by atoms with Crippen LogP contribution >= 0.6 is 0 Å². The summed E-state index contributed by atoms with van der Waals surface area (Å²) in [6.07, 6.45) is -24.4. The minimum Gasteiger partial charge on any atom is -0.394 e. The molecule has 6 heterocycles. The highest BCUT2D eigenvalue weighted by Crippen LogP contribution is 2.72. The maximum absolute atomic E-state index is 13.0. The van der Waals surface area contributed by atoms with Gasteiger partial charge >= 0.3 is 0 Å². The van der Waals surface area contributed by atoms with Gasteiger partial charge in [-0.25, -0.2) is 0 Å². The van der Waals surface area contributed by atoms with E-state index in [9.17, 15) is 66.4 Å². The van der Waals surface area contributed by atoms with Crippen LogP contribution in [0.15, 0.2) is 11.6 Å². The Hall–Kier alpha value is -1.18. The Kier molecular flexibility index (Phi) is 15.7. The lowest BCUT2D eigenvalue weighted by atomic mass is 9.45. The van der Waals surface area contributed by atoms with E-state index in [2.05, 4.69) is 33.8 Å². The molecule has 0 aromatic carbocycles. The molecule has 0 amide bonds. The SMILES string of the molecule is C[C@H]1CC[C@@]2(OC1)O[C@H]1C[C@@]3(O)[C@@H]4CC=C5C[C@@H](O[C@@H]6O[C@H](CO)[C@H](O[C@@H]7O[C@H](CO)[C@@H](O)[C@H](O[C@@H]8O[C@H](CO)[C@H](O)[C@H]8O)[C@H]7O[C@@H]7O[C@H](CO)[C@@H](O)[C@H](O)[C@H]7O)[C@H](O)[C@H]6O)CC[C@]5(C)[C@H]4CC[C@]3(C)[C@H]1[C@@H]2C. The number of aliphatic hydroxyl groups excluding tert-OH is 12. The van der Waals surface area contributed by atoms with E-state index >= 15 is 0 Å². The van der Waals surface area contributed by atoms with Gasteiger partial charge in [0, 0.05) is 30.1 Å². The van der Waals surface area contributed by atoms with Crippen molar-refractivity contribution >= 4 is 0 Å². The quantitative estimate of drug-likeness (QED) is 0.0855. The summed E-state index contributed by atoms with van der Waals surface area (Å²) < 4.78 is 61.1. The monoisotopic (exact) mass is 1050 g/mol. The number of ether oxygens (including phenoxy) is 10. The smallest absolute Gasteiger partial charge is 0.187 e. The molecule has 73 heavy (non-hydrogen) atoms. The normalized spacial score (nSPS) is 57.0. The van der Waals surface area contributed by atoms with Crippen molar-refractivity contribution in [2.75, 3.05) is 33.0 Å². The maximum atomic E-state index is 13.0. The van der Waals surface area contributed by atoms with Crippen molar-refractivity contribution in [1.29, 1.82) is 0 Å². The van der Waals surface area contributed by atoms with Gasteiger partial charge in [0.2, 0.25) is 0 Å². The molecule has 3 saturated carbocycles. The first-order chi connectivity index (χ1) is 34.7. The Morgan fingerprint density at radius 3 is 1.78 bits per heavy atom. The van der Waals surface area contributed by atoms with E-state index < -0.39 is 161 Å². The van der Waals surface area contributed by atoms with Gasteiger partial charge in [-0.05, 0) is 68.1 Å². The van der Waals surface area contributed by atoms with E-state index in [4.69, 9.17) is 47.4 Å². The number of rotatable bonds is 12. The van der Waals surface area contributed by atoms with Crippen molar-refractivity contribution in [2.24, 2.45) is 40.4 Å². The minimum atomic E-state index is -2.01. The lowest BCUT2D eigenvalue weighted by molar-refractivity contribution is -0.399. The summed E-state index contributed by atoms with van der Waals surface area (Å²) in [6.45, 7) is 6.44. The van der Waals surface area contributed by atoms with Gasteiger partial charge in [0.15, 0.2) is 30.9 Å². The second-order valence-corrected chi connectivity index (χ2v) is 23.5. The Morgan fingerprint density at radius 1 is 0.575 bits per heavy atom. The third kappa shape index (κ3) is 9.02. The van der Waals surface area contributed by atoms with Crippen LogP contribution in [0, 0.1) is 40.4 Å². The zero-order valence-electron chi connectivity index (χ0n) is 41.9. The number of aliphatic hydroxyl groups is 13. The van der Waals surface area contributed by atoms with E-state index in [0.29, 0.717) is 38.2 Å². The molecule has 6 aliphatic heterocycles. The predicted octanol–water partition coefficient (Wildman–Crippen LogP) is -3.24. The van der Waals surface area contributed by atoms with Crippen molar-refractivity contribution in [3.05, 3.63) is 11.6 Å². The summed E-state index contributed by atoms with van der Waals surface area (Å²) in [5.74, 6) is 0.488. The zero-order valence-corrected chi connectivity index (χ0v) is 41.9. The van der Waals surface area contributed by atoms with E-state index in [1.54, 1.807) is 0 Å². The summed E-state index contributed by atoms with van der Waals surface area (Å²) in [5.41, 5.74) is -0.289. The highest BCUT2D eigenvalue weighted by atomic mass is 16.8. The largest absolute Gasteiger partial charge is 0.394 e. The molecule has 23 nitrogen and oxygen atoms in total. The summed E-state index contributed by atoms with van der Waals surface area (Å²) in [7, 11) is 0. The van der Waals surface area contributed by atoms with Crippen LogP contribution < -0.4 is 0 Å². The molecule has 0 aromatic heterocycles. The van der Waals surface area contributed by atoms with Crippen LogP contribution in [0.4, 0.5) is 0 Å². The molecular formula is C50H80O23. The van der Waals surface area contributed by atoms with Crippen molar-refractivity contribution in [3.63, 3.8) is 0 Å². The molecule has 13 N–H and O–H groups in total. The van der Waals surface area contributed by atoms with Gasteiger partial charge in [0.05, 0.1) is 50.8 Å². The minimum absolute atomic E-state index is 0.0327. The van der Waals surface area contributed by atoms with E-state index in [0.717, 1.165) is 32.1 Å². The number of hydrogen-bond acceptors (Lipinski definition) is 23. The molecule has 0 unspecified atom stereocenters. The van der Waals surface area contributed by atoms with Gasteiger partial charge in [-0.2, -0.15) is 0 Å². The second-order valence-electron chi connectivity index (χ2n) is 23.5.